The van der Waals surface area contributed by atoms with Gasteiger partial charge < -0.3 is 5.32 Å². The van der Waals surface area contributed by atoms with Gasteiger partial charge in [-0.15, -0.1) is 0 Å². The van der Waals surface area contributed by atoms with E-state index < -0.39 is 0 Å². The van der Waals surface area contributed by atoms with E-state index in [1.54, 1.807) is 0 Å². The van der Waals surface area contributed by atoms with E-state index in [2.05, 4.69) is 58.5 Å². The third-order valence-corrected chi connectivity index (χ3v) is 4.02. The van der Waals surface area contributed by atoms with Gasteiger partial charge in [0.2, 0.25) is 0 Å². The van der Waals surface area contributed by atoms with Crippen LogP contribution in [0.1, 0.15) is 18.1 Å². The zero-order valence-corrected chi connectivity index (χ0v) is 11.9. The summed E-state index contributed by atoms with van der Waals surface area (Å²) >= 11 is 0. The van der Waals surface area contributed by atoms with Gasteiger partial charge in [0.05, 0.1) is 5.54 Å². The highest BCUT2D eigenvalue weighted by molar-refractivity contribution is 5.25. The van der Waals surface area contributed by atoms with Crippen LogP contribution < -0.4 is 5.32 Å². The quantitative estimate of drug-likeness (QED) is 0.925. The molecule has 2 aromatic rings. The van der Waals surface area contributed by atoms with Gasteiger partial charge in [0.1, 0.15) is 0 Å². The Balaban J connectivity index is 1.73. The molecule has 1 saturated heterocycles. The van der Waals surface area contributed by atoms with E-state index in [9.17, 15) is 0 Å². The van der Waals surface area contributed by atoms with Crippen LogP contribution in [0.5, 0.6) is 0 Å². The van der Waals surface area contributed by atoms with Gasteiger partial charge in [-0.2, -0.15) is 0 Å². The first-order chi connectivity index (χ1) is 9.76. The Morgan fingerprint density at radius 3 is 2.80 bits per heavy atom. The van der Waals surface area contributed by atoms with Crippen molar-refractivity contribution in [2.75, 3.05) is 19.6 Å². The van der Waals surface area contributed by atoms with Crippen molar-refractivity contribution in [2.24, 2.45) is 0 Å². The van der Waals surface area contributed by atoms with Crippen molar-refractivity contribution in [3.8, 4) is 0 Å². The number of pyridine rings is 1. The van der Waals surface area contributed by atoms with Crippen molar-refractivity contribution in [3.05, 3.63) is 66.0 Å². The monoisotopic (exact) mass is 267 g/mol. The molecule has 1 N–H and O–H groups in total. The molecule has 0 saturated carbocycles. The summed E-state index contributed by atoms with van der Waals surface area (Å²) in [5.41, 5.74) is 2.67. The Labute approximate surface area is 120 Å². The predicted molar refractivity (Wildman–Crippen MR) is 81.3 cm³/mol. The fourth-order valence-electron chi connectivity index (χ4n) is 2.96. The van der Waals surface area contributed by atoms with Gasteiger partial charge in [0.25, 0.3) is 0 Å². The van der Waals surface area contributed by atoms with Crippen LogP contribution in [0, 0.1) is 0 Å². The summed E-state index contributed by atoms with van der Waals surface area (Å²) in [6.45, 7) is 6.38. The maximum Gasteiger partial charge on any atom is 0.0535 e. The Kier molecular flexibility index (Phi) is 3.81. The number of benzene rings is 1. The normalized spacial score (nSPS) is 23.6. The Bertz CT molecular complexity index is 541. The molecule has 1 fully saturated rings. The summed E-state index contributed by atoms with van der Waals surface area (Å²) in [7, 11) is 0. The molecular formula is C17H21N3. The SMILES string of the molecule is CC1(c2ccccc2)CN(Cc2cccnc2)CCN1. The van der Waals surface area contributed by atoms with Crippen LogP contribution in [0.25, 0.3) is 0 Å². The second-order valence-electron chi connectivity index (χ2n) is 5.70. The molecule has 1 aromatic carbocycles. The van der Waals surface area contributed by atoms with Gasteiger partial charge in [-0.05, 0) is 24.1 Å². The molecule has 1 unspecified atom stereocenters. The van der Waals surface area contributed by atoms with Crippen LogP contribution in [0.4, 0.5) is 0 Å². The highest BCUT2D eigenvalue weighted by Crippen LogP contribution is 2.25. The van der Waals surface area contributed by atoms with Gasteiger partial charge in [0.15, 0.2) is 0 Å². The van der Waals surface area contributed by atoms with Gasteiger partial charge in [0, 0.05) is 38.6 Å². The molecule has 3 nitrogen and oxygen atoms in total. The number of rotatable bonds is 3. The molecule has 0 radical (unpaired) electrons. The summed E-state index contributed by atoms with van der Waals surface area (Å²) in [4.78, 5) is 6.70. The summed E-state index contributed by atoms with van der Waals surface area (Å²) in [5, 5.41) is 3.67. The van der Waals surface area contributed by atoms with E-state index in [4.69, 9.17) is 0 Å². The molecule has 0 spiro atoms. The van der Waals surface area contributed by atoms with E-state index in [1.807, 2.05) is 18.5 Å². The van der Waals surface area contributed by atoms with Gasteiger partial charge >= 0.3 is 0 Å². The molecule has 1 aromatic heterocycles. The van der Waals surface area contributed by atoms with E-state index in [1.165, 1.54) is 11.1 Å². The third-order valence-electron chi connectivity index (χ3n) is 4.02. The molecule has 20 heavy (non-hydrogen) atoms. The van der Waals surface area contributed by atoms with E-state index in [0.29, 0.717) is 0 Å². The third kappa shape index (κ3) is 2.89. The number of aromatic nitrogens is 1. The Morgan fingerprint density at radius 1 is 1.20 bits per heavy atom. The van der Waals surface area contributed by atoms with Crippen LogP contribution in [0.3, 0.4) is 0 Å². The topological polar surface area (TPSA) is 28.2 Å². The first-order valence-electron chi connectivity index (χ1n) is 7.18. The smallest absolute Gasteiger partial charge is 0.0535 e. The lowest BCUT2D eigenvalue weighted by Crippen LogP contribution is -2.56. The second-order valence-corrected chi connectivity index (χ2v) is 5.70. The summed E-state index contributed by atoms with van der Waals surface area (Å²) in [6, 6.07) is 14.9. The fourth-order valence-corrected chi connectivity index (χ4v) is 2.96. The molecule has 1 atom stereocenters. The molecule has 2 heterocycles. The maximum absolute atomic E-state index is 4.20. The number of piperazine rings is 1. The molecule has 104 valence electrons. The predicted octanol–water partition coefficient (Wildman–Crippen LogP) is 2.40. The van der Waals surface area contributed by atoms with Crippen LogP contribution in [0.15, 0.2) is 54.9 Å². The fraction of sp³-hybridized carbons (Fsp3) is 0.353. The number of hydrogen-bond acceptors (Lipinski definition) is 3. The minimum atomic E-state index is 0.0295. The molecule has 1 aliphatic heterocycles. The summed E-state index contributed by atoms with van der Waals surface area (Å²) in [6.07, 6.45) is 3.79. The minimum absolute atomic E-state index is 0.0295. The van der Waals surface area contributed by atoms with E-state index in [0.717, 1.165) is 26.2 Å². The van der Waals surface area contributed by atoms with Crippen molar-refractivity contribution in [1.82, 2.24) is 15.2 Å². The first-order valence-corrected chi connectivity index (χ1v) is 7.18. The lowest BCUT2D eigenvalue weighted by Gasteiger charge is -2.42. The lowest BCUT2D eigenvalue weighted by molar-refractivity contribution is 0.136. The molecule has 0 aliphatic carbocycles. The number of nitrogens with zero attached hydrogens (tertiary/aromatic N) is 2. The molecule has 1 aliphatic rings. The Morgan fingerprint density at radius 2 is 2.05 bits per heavy atom. The number of hydrogen-bond donors (Lipinski definition) is 1. The second kappa shape index (κ2) is 5.73. The van der Waals surface area contributed by atoms with Crippen molar-refractivity contribution < 1.29 is 0 Å². The van der Waals surface area contributed by atoms with Gasteiger partial charge in [-0.3, -0.25) is 9.88 Å². The van der Waals surface area contributed by atoms with Crippen molar-refractivity contribution in [1.29, 1.82) is 0 Å². The van der Waals surface area contributed by atoms with Crippen LogP contribution in [-0.4, -0.2) is 29.5 Å². The number of nitrogens with one attached hydrogen (secondary N) is 1. The largest absolute Gasteiger partial charge is 0.305 e. The van der Waals surface area contributed by atoms with Gasteiger partial charge in [-0.25, -0.2) is 0 Å². The minimum Gasteiger partial charge on any atom is -0.305 e. The standard InChI is InChI=1S/C17H21N3/c1-17(16-7-3-2-4-8-16)14-20(11-10-19-17)13-15-6-5-9-18-12-15/h2-9,12,19H,10-11,13-14H2,1H3. The molecule has 3 heteroatoms. The van der Waals surface area contributed by atoms with E-state index >= 15 is 0 Å². The van der Waals surface area contributed by atoms with Crippen molar-refractivity contribution in [2.45, 2.75) is 19.0 Å². The van der Waals surface area contributed by atoms with Crippen LogP contribution >= 0.6 is 0 Å². The summed E-state index contributed by atoms with van der Waals surface area (Å²) in [5.74, 6) is 0. The lowest BCUT2D eigenvalue weighted by atomic mass is 9.89. The van der Waals surface area contributed by atoms with Crippen LogP contribution in [0.2, 0.25) is 0 Å². The van der Waals surface area contributed by atoms with Crippen molar-refractivity contribution in [3.63, 3.8) is 0 Å². The molecule has 0 amide bonds. The zero-order chi connectivity index (χ0) is 13.8. The molecular weight excluding hydrogens is 246 g/mol. The first kappa shape index (κ1) is 13.3. The maximum atomic E-state index is 4.20. The van der Waals surface area contributed by atoms with Gasteiger partial charge in [-0.1, -0.05) is 36.4 Å². The van der Waals surface area contributed by atoms with Crippen LogP contribution in [-0.2, 0) is 12.1 Å². The highest BCUT2D eigenvalue weighted by atomic mass is 15.2. The van der Waals surface area contributed by atoms with Crippen molar-refractivity contribution >= 4 is 0 Å². The summed E-state index contributed by atoms with van der Waals surface area (Å²) < 4.78 is 0. The average molecular weight is 267 g/mol. The Hall–Kier alpha value is -1.71. The zero-order valence-electron chi connectivity index (χ0n) is 11.9. The molecule has 0 bridgehead atoms. The average Bonchev–Trinajstić information content (AvgIpc) is 2.49. The van der Waals surface area contributed by atoms with E-state index in [-0.39, 0.29) is 5.54 Å². The molecule has 3 rings (SSSR count). The highest BCUT2D eigenvalue weighted by Gasteiger charge is 2.31.